The molecule has 0 radical (unpaired) electrons. The van der Waals surface area contributed by atoms with Crippen LogP contribution in [0, 0.1) is 6.92 Å². The Kier molecular flexibility index (Phi) is 7.01. The molecule has 0 unspecified atom stereocenters. The number of hydrazone groups is 1. The van der Waals surface area contributed by atoms with Crippen LogP contribution in [0.25, 0.3) is 0 Å². The van der Waals surface area contributed by atoms with E-state index in [1.807, 2.05) is 6.92 Å². The monoisotopic (exact) mass is 451 g/mol. The van der Waals surface area contributed by atoms with Gasteiger partial charge in [-0.2, -0.15) is 5.10 Å². The first-order chi connectivity index (χ1) is 15.3. The van der Waals surface area contributed by atoms with E-state index in [4.69, 9.17) is 0 Å². The molecule has 0 aliphatic carbocycles. The Hall–Kier alpha value is -3.98. The normalized spacial score (nSPS) is 11.3. The Morgan fingerprint density at radius 2 is 1.59 bits per heavy atom. The van der Waals surface area contributed by atoms with E-state index in [1.165, 1.54) is 30.5 Å². The number of carboxylic acid groups (broad SMARTS) is 1. The first kappa shape index (κ1) is 22.7. The van der Waals surface area contributed by atoms with Crippen LogP contribution < -0.4 is 9.73 Å². The Morgan fingerprint density at radius 1 is 0.969 bits per heavy atom. The van der Waals surface area contributed by atoms with Gasteiger partial charge in [-0.25, -0.2) is 18.6 Å². The molecular weight excluding hydrogens is 430 g/mol. The predicted molar refractivity (Wildman–Crippen MR) is 121 cm³/mol. The molecule has 8 nitrogen and oxygen atoms in total. The van der Waals surface area contributed by atoms with E-state index in [9.17, 15) is 23.1 Å². The van der Waals surface area contributed by atoms with Gasteiger partial charge in [0.1, 0.15) is 6.54 Å². The van der Waals surface area contributed by atoms with E-state index in [0.29, 0.717) is 11.3 Å². The van der Waals surface area contributed by atoms with E-state index < -0.39 is 28.4 Å². The Morgan fingerprint density at radius 3 is 2.25 bits per heavy atom. The third-order valence-corrected chi connectivity index (χ3v) is 6.31. The molecule has 0 bridgehead atoms. The first-order valence-electron chi connectivity index (χ1n) is 9.58. The van der Waals surface area contributed by atoms with Crippen LogP contribution in [0.3, 0.4) is 0 Å². The molecule has 0 atom stereocenters. The van der Waals surface area contributed by atoms with Crippen LogP contribution in [-0.4, -0.2) is 38.2 Å². The van der Waals surface area contributed by atoms with Crippen LogP contribution in [0.5, 0.6) is 0 Å². The second-order valence-corrected chi connectivity index (χ2v) is 8.71. The number of nitrogens with one attached hydrogen (secondary N) is 1. The minimum Gasteiger partial charge on any atom is -0.478 e. The maximum Gasteiger partial charge on any atom is 0.336 e. The molecule has 2 N–H and O–H groups in total. The second-order valence-electron chi connectivity index (χ2n) is 6.85. The summed E-state index contributed by atoms with van der Waals surface area (Å²) in [4.78, 5) is 23.8. The van der Waals surface area contributed by atoms with Crippen molar-refractivity contribution in [2.75, 3.05) is 10.8 Å². The van der Waals surface area contributed by atoms with Crippen LogP contribution in [0.4, 0.5) is 5.69 Å². The number of aromatic carboxylic acids is 1. The third kappa shape index (κ3) is 5.38. The molecular formula is C23H21N3O5S. The van der Waals surface area contributed by atoms with Crippen molar-refractivity contribution < 1.29 is 23.1 Å². The van der Waals surface area contributed by atoms with E-state index in [2.05, 4.69) is 10.5 Å². The number of carboxylic acids is 1. The number of anilines is 1. The number of amides is 1. The zero-order valence-electron chi connectivity index (χ0n) is 17.2. The first-order valence-corrected chi connectivity index (χ1v) is 11.0. The lowest BCUT2D eigenvalue weighted by Crippen LogP contribution is -2.39. The topological polar surface area (TPSA) is 116 Å². The van der Waals surface area contributed by atoms with E-state index in [1.54, 1.807) is 54.6 Å². The second kappa shape index (κ2) is 9.88. The number of hydrogen-bond acceptors (Lipinski definition) is 5. The summed E-state index contributed by atoms with van der Waals surface area (Å²) in [7, 11) is -4.01. The lowest BCUT2D eigenvalue weighted by molar-refractivity contribution is -0.119. The Balaban J connectivity index is 1.83. The fraction of sp³-hybridized carbons (Fsp3) is 0.0870. The van der Waals surface area contributed by atoms with Gasteiger partial charge in [0.15, 0.2) is 0 Å². The summed E-state index contributed by atoms with van der Waals surface area (Å²) >= 11 is 0. The van der Waals surface area contributed by atoms with Gasteiger partial charge in [-0.3, -0.25) is 9.10 Å². The van der Waals surface area contributed by atoms with E-state index in [0.717, 1.165) is 9.87 Å². The lowest BCUT2D eigenvalue weighted by atomic mass is 10.1. The summed E-state index contributed by atoms with van der Waals surface area (Å²) in [6.07, 6.45) is 1.20. The Bertz CT molecular complexity index is 1240. The van der Waals surface area contributed by atoms with E-state index in [-0.39, 0.29) is 10.5 Å². The molecule has 3 aromatic carbocycles. The van der Waals surface area contributed by atoms with Crippen molar-refractivity contribution >= 4 is 33.8 Å². The van der Waals surface area contributed by atoms with Crippen molar-refractivity contribution in [1.29, 1.82) is 0 Å². The smallest absolute Gasteiger partial charge is 0.336 e. The average Bonchev–Trinajstić information content (AvgIpc) is 2.79. The van der Waals surface area contributed by atoms with E-state index >= 15 is 0 Å². The number of hydrogen-bond donors (Lipinski definition) is 2. The molecule has 0 saturated heterocycles. The fourth-order valence-corrected chi connectivity index (χ4v) is 4.33. The van der Waals surface area contributed by atoms with Gasteiger partial charge >= 0.3 is 5.97 Å². The van der Waals surface area contributed by atoms with Crippen LogP contribution in [-0.2, 0) is 14.8 Å². The summed E-state index contributed by atoms with van der Waals surface area (Å²) in [6, 6.07) is 20.7. The number of rotatable bonds is 8. The molecule has 3 rings (SSSR count). The summed E-state index contributed by atoms with van der Waals surface area (Å²) in [5, 5.41) is 13.0. The van der Waals surface area contributed by atoms with Crippen LogP contribution in [0.1, 0.15) is 21.5 Å². The molecule has 0 aliphatic rings. The number of benzene rings is 3. The molecule has 0 spiro atoms. The van der Waals surface area contributed by atoms with Gasteiger partial charge in [-0.1, -0.05) is 54.1 Å². The van der Waals surface area contributed by atoms with Crippen LogP contribution >= 0.6 is 0 Å². The van der Waals surface area contributed by atoms with Gasteiger partial charge in [0.25, 0.3) is 15.9 Å². The molecule has 3 aromatic rings. The molecule has 9 heteroatoms. The number of nitrogens with zero attached hydrogens (tertiary/aromatic N) is 2. The molecule has 0 fully saturated rings. The third-order valence-electron chi connectivity index (χ3n) is 4.52. The number of aryl methyl sites for hydroxylation is 1. The average molecular weight is 452 g/mol. The highest BCUT2D eigenvalue weighted by Gasteiger charge is 2.27. The molecule has 0 saturated carbocycles. The fourth-order valence-electron chi connectivity index (χ4n) is 2.89. The van der Waals surface area contributed by atoms with Gasteiger partial charge in [0, 0.05) is 5.56 Å². The standard InChI is InChI=1S/C23H21N3O5S/c1-17-11-13-19(14-12-17)26(32(30,31)20-8-3-2-4-9-20)16-22(27)25-24-15-18-7-5-6-10-21(18)23(28)29/h2-15H,16H2,1H3,(H,25,27)(H,28,29)/b24-15-. The van der Waals surface area contributed by atoms with Crippen molar-refractivity contribution in [3.05, 3.63) is 95.6 Å². The summed E-state index contributed by atoms with van der Waals surface area (Å²) in [6.45, 7) is 1.36. The largest absolute Gasteiger partial charge is 0.478 e. The molecule has 0 aliphatic heterocycles. The molecule has 0 heterocycles. The minimum atomic E-state index is -4.01. The predicted octanol–water partition coefficient (Wildman–Crippen LogP) is 3.04. The van der Waals surface area contributed by atoms with Crippen molar-refractivity contribution in [3.8, 4) is 0 Å². The molecule has 0 aromatic heterocycles. The summed E-state index contributed by atoms with van der Waals surface area (Å²) < 4.78 is 27.4. The highest BCUT2D eigenvalue weighted by atomic mass is 32.2. The quantitative estimate of drug-likeness (QED) is 0.403. The van der Waals surface area contributed by atoms with Crippen LogP contribution in [0.15, 0.2) is 88.9 Å². The summed E-state index contributed by atoms with van der Waals surface area (Å²) in [5.74, 6) is -1.81. The zero-order valence-corrected chi connectivity index (χ0v) is 18.0. The lowest BCUT2D eigenvalue weighted by Gasteiger charge is -2.23. The highest BCUT2D eigenvalue weighted by molar-refractivity contribution is 7.92. The van der Waals surface area contributed by atoms with Crippen molar-refractivity contribution in [2.45, 2.75) is 11.8 Å². The van der Waals surface area contributed by atoms with Crippen molar-refractivity contribution in [1.82, 2.24) is 5.43 Å². The van der Waals surface area contributed by atoms with Crippen LogP contribution in [0.2, 0.25) is 0 Å². The Labute approximate surface area is 185 Å². The van der Waals surface area contributed by atoms with Crippen molar-refractivity contribution in [2.24, 2.45) is 5.10 Å². The SMILES string of the molecule is Cc1ccc(N(CC(=O)N/N=C\c2ccccc2C(=O)O)S(=O)(=O)c2ccccc2)cc1. The van der Waals surface area contributed by atoms with Gasteiger partial charge in [-0.15, -0.1) is 0 Å². The molecule has 32 heavy (non-hydrogen) atoms. The number of carbonyl (C=O) groups is 2. The maximum absolute atomic E-state index is 13.2. The van der Waals surface area contributed by atoms with Gasteiger partial charge in [0.05, 0.1) is 22.4 Å². The van der Waals surface area contributed by atoms with Gasteiger partial charge < -0.3 is 5.11 Å². The molecule has 1 amide bonds. The highest BCUT2D eigenvalue weighted by Crippen LogP contribution is 2.23. The number of sulfonamides is 1. The maximum atomic E-state index is 13.2. The summed E-state index contributed by atoms with van der Waals surface area (Å²) in [5.41, 5.74) is 3.86. The van der Waals surface area contributed by atoms with Gasteiger partial charge in [0.2, 0.25) is 0 Å². The van der Waals surface area contributed by atoms with Gasteiger partial charge in [-0.05, 0) is 37.3 Å². The number of carbonyl (C=O) groups excluding carboxylic acids is 1. The van der Waals surface area contributed by atoms with Crippen molar-refractivity contribution in [3.63, 3.8) is 0 Å². The minimum absolute atomic E-state index is 0.0263. The molecule has 164 valence electrons. The zero-order chi connectivity index (χ0) is 23.1.